The number of nitrogens with zero attached hydrogens (tertiary/aromatic N) is 3. The lowest BCUT2D eigenvalue weighted by Gasteiger charge is -2.25. The van der Waals surface area contributed by atoms with E-state index in [2.05, 4.69) is 27.1 Å². The smallest absolute Gasteiger partial charge is 0.137 e. The van der Waals surface area contributed by atoms with Gasteiger partial charge < -0.3 is 15.3 Å². The van der Waals surface area contributed by atoms with E-state index in [-0.39, 0.29) is 6.61 Å². The number of hydrogen-bond acceptors (Lipinski definition) is 5. The highest BCUT2D eigenvalue weighted by molar-refractivity contribution is 5.58. The Balaban J connectivity index is 3.05. The third-order valence-electron chi connectivity index (χ3n) is 2.92. The van der Waals surface area contributed by atoms with Gasteiger partial charge in [0.25, 0.3) is 0 Å². The zero-order valence-electron chi connectivity index (χ0n) is 11.8. The molecule has 0 aliphatic carbocycles. The summed E-state index contributed by atoms with van der Waals surface area (Å²) >= 11 is 0. The molecule has 18 heavy (non-hydrogen) atoms. The number of anilines is 2. The van der Waals surface area contributed by atoms with E-state index in [0.717, 1.165) is 42.4 Å². The lowest BCUT2D eigenvalue weighted by atomic mass is 10.2. The van der Waals surface area contributed by atoms with Gasteiger partial charge in [-0.2, -0.15) is 0 Å². The van der Waals surface area contributed by atoms with Gasteiger partial charge in [-0.3, -0.25) is 0 Å². The number of unbranched alkanes of at least 4 members (excludes halogenated alkanes) is 1. The summed E-state index contributed by atoms with van der Waals surface area (Å²) in [5.74, 6) is 2.53. The molecule has 0 radical (unpaired) electrons. The second kappa shape index (κ2) is 7.16. The standard InChI is InChI=1S/C13H24N4O/c1-5-6-7-17(8-9-18)13-10(2)12(14-4)15-11(3)16-13/h18H,5-9H2,1-4H3,(H,14,15,16). The Labute approximate surface area is 109 Å². The zero-order valence-corrected chi connectivity index (χ0v) is 11.8. The molecule has 0 aliphatic heterocycles. The van der Waals surface area contributed by atoms with Crippen molar-refractivity contribution < 1.29 is 5.11 Å². The fraction of sp³-hybridized carbons (Fsp3) is 0.692. The predicted molar refractivity (Wildman–Crippen MR) is 75.3 cm³/mol. The minimum Gasteiger partial charge on any atom is -0.395 e. The van der Waals surface area contributed by atoms with Crippen molar-refractivity contribution in [3.63, 3.8) is 0 Å². The van der Waals surface area contributed by atoms with Crippen molar-refractivity contribution in [1.29, 1.82) is 0 Å². The van der Waals surface area contributed by atoms with Crippen molar-refractivity contribution in [1.82, 2.24) is 9.97 Å². The van der Waals surface area contributed by atoms with E-state index in [9.17, 15) is 5.11 Å². The molecule has 1 heterocycles. The number of rotatable bonds is 7. The normalized spacial score (nSPS) is 10.5. The molecule has 0 amide bonds. The van der Waals surface area contributed by atoms with Gasteiger partial charge in [0.1, 0.15) is 17.5 Å². The number of hydrogen-bond donors (Lipinski definition) is 2. The van der Waals surface area contributed by atoms with Crippen molar-refractivity contribution in [2.75, 3.05) is 37.0 Å². The number of aliphatic hydroxyl groups excluding tert-OH is 1. The van der Waals surface area contributed by atoms with E-state index in [1.165, 1.54) is 0 Å². The zero-order chi connectivity index (χ0) is 13.5. The number of aryl methyl sites for hydroxylation is 1. The van der Waals surface area contributed by atoms with Gasteiger partial charge in [-0.1, -0.05) is 13.3 Å². The molecule has 0 fully saturated rings. The maximum absolute atomic E-state index is 9.18. The average Bonchev–Trinajstić information content (AvgIpc) is 2.37. The molecule has 5 nitrogen and oxygen atoms in total. The Morgan fingerprint density at radius 3 is 2.50 bits per heavy atom. The van der Waals surface area contributed by atoms with Gasteiger partial charge in [0.2, 0.25) is 0 Å². The van der Waals surface area contributed by atoms with Crippen molar-refractivity contribution in [2.45, 2.75) is 33.6 Å². The van der Waals surface area contributed by atoms with Gasteiger partial charge >= 0.3 is 0 Å². The molecule has 5 heteroatoms. The molecule has 0 unspecified atom stereocenters. The largest absolute Gasteiger partial charge is 0.395 e. The summed E-state index contributed by atoms with van der Waals surface area (Å²) in [4.78, 5) is 11.0. The van der Waals surface area contributed by atoms with Crippen LogP contribution in [0.3, 0.4) is 0 Å². The maximum Gasteiger partial charge on any atom is 0.137 e. The molecule has 0 spiro atoms. The molecular formula is C13H24N4O. The molecule has 1 aromatic rings. The molecule has 0 saturated heterocycles. The first-order valence-corrected chi connectivity index (χ1v) is 6.52. The Kier molecular flexibility index (Phi) is 5.85. The third kappa shape index (κ3) is 3.57. The van der Waals surface area contributed by atoms with E-state index in [0.29, 0.717) is 6.54 Å². The molecule has 0 aliphatic rings. The lowest BCUT2D eigenvalue weighted by Crippen LogP contribution is -2.30. The summed E-state index contributed by atoms with van der Waals surface area (Å²) in [5, 5.41) is 12.3. The van der Waals surface area contributed by atoms with E-state index >= 15 is 0 Å². The van der Waals surface area contributed by atoms with E-state index in [1.54, 1.807) is 0 Å². The second-order valence-electron chi connectivity index (χ2n) is 4.38. The number of nitrogens with one attached hydrogen (secondary N) is 1. The van der Waals surface area contributed by atoms with Crippen LogP contribution in [-0.2, 0) is 0 Å². The molecule has 1 rings (SSSR count). The highest BCUT2D eigenvalue weighted by atomic mass is 16.3. The third-order valence-corrected chi connectivity index (χ3v) is 2.92. The number of aromatic nitrogens is 2. The quantitative estimate of drug-likeness (QED) is 0.774. The Hall–Kier alpha value is -1.36. The van der Waals surface area contributed by atoms with Crippen LogP contribution in [0.2, 0.25) is 0 Å². The van der Waals surface area contributed by atoms with Crippen molar-refractivity contribution in [3.8, 4) is 0 Å². The van der Waals surface area contributed by atoms with Gasteiger partial charge in [0.15, 0.2) is 0 Å². The second-order valence-corrected chi connectivity index (χ2v) is 4.38. The van der Waals surface area contributed by atoms with Gasteiger partial charge in [-0.25, -0.2) is 9.97 Å². The van der Waals surface area contributed by atoms with E-state index in [4.69, 9.17) is 0 Å². The van der Waals surface area contributed by atoms with Gasteiger partial charge in [0, 0.05) is 25.7 Å². The summed E-state index contributed by atoms with van der Waals surface area (Å²) in [7, 11) is 1.86. The Morgan fingerprint density at radius 1 is 1.22 bits per heavy atom. The van der Waals surface area contributed by atoms with Crippen LogP contribution in [-0.4, -0.2) is 41.8 Å². The lowest BCUT2D eigenvalue weighted by molar-refractivity contribution is 0.301. The molecule has 102 valence electrons. The van der Waals surface area contributed by atoms with Crippen LogP contribution >= 0.6 is 0 Å². The molecule has 0 saturated carbocycles. The number of aliphatic hydroxyl groups is 1. The Bertz CT molecular complexity index is 381. The summed E-state index contributed by atoms with van der Waals surface area (Å²) in [6.07, 6.45) is 2.22. The van der Waals surface area contributed by atoms with Crippen molar-refractivity contribution >= 4 is 11.6 Å². The van der Waals surface area contributed by atoms with Crippen molar-refractivity contribution in [3.05, 3.63) is 11.4 Å². The van der Waals surface area contributed by atoms with Crippen LogP contribution in [0.4, 0.5) is 11.6 Å². The maximum atomic E-state index is 9.18. The fourth-order valence-electron chi connectivity index (χ4n) is 1.96. The highest BCUT2D eigenvalue weighted by Gasteiger charge is 2.14. The molecule has 0 aromatic carbocycles. The van der Waals surface area contributed by atoms with Gasteiger partial charge in [-0.05, 0) is 20.3 Å². The minimum atomic E-state index is 0.140. The first kappa shape index (κ1) is 14.7. The molecule has 1 aromatic heterocycles. The fourth-order valence-corrected chi connectivity index (χ4v) is 1.96. The first-order valence-electron chi connectivity index (χ1n) is 6.52. The van der Waals surface area contributed by atoms with Gasteiger partial charge in [-0.15, -0.1) is 0 Å². The SMILES string of the molecule is CCCCN(CCO)c1nc(C)nc(NC)c1C. The summed E-state index contributed by atoms with van der Waals surface area (Å²) in [6, 6.07) is 0. The minimum absolute atomic E-state index is 0.140. The van der Waals surface area contributed by atoms with Crippen LogP contribution in [0.1, 0.15) is 31.2 Å². The topological polar surface area (TPSA) is 61.3 Å². The van der Waals surface area contributed by atoms with Crippen LogP contribution in [0.25, 0.3) is 0 Å². The summed E-state index contributed by atoms with van der Waals surface area (Å²) < 4.78 is 0. The first-order chi connectivity index (χ1) is 8.63. The van der Waals surface area contributed by atoms with E-state index in [1.807, 2.05) is 20.9 Å². The van der Waals surface area contributed by atoms with Crippen LogP contribution in [0, 0.1) is 13.8 Å². The van der Waals surface area contributed by atoms with Gasteiger partial charge in [0.05, 0.1) is 6.61 Å². The Morgan fingerprint density at radius 2 is 1.94 bits per heavy atom. The molecular weight excluding hydrogens is 228 g/mol. The van der Waals surface area contributed by atoms with Crippen LogP contribution < -0.4 is 10.2 Å². The predicted octanol–water partition coefficient (Wildman–Crippen LogP) is 1.73. The molecule has 0 atom stereocenters. The summed E-state index contributed by atoms with van der Waals surface area (Å²) in [6.45, 7) is 7.73. The molecule has 2 N–H and O–H groups in total. The summed E-state index contributed by atoms with van der Waals surface area (Å²) in [5.41, 5.74) is 1.03. The monoisotopic (exact) mass is 252 g/mol. The van der Waals surface area contributed by atoms with Crippen LogP contribution in [0.5, 0.6) is 0 Å². The van der Waals surface area contributed by atoms with Crippen LogP contribution in [0.15, 0.2) is 0 Å². The van der Waals surface area contributed by atoms with E-state index < -0.39 is 0 Å². The molecule has 0 bridgehead atoms. The highest BCUT2D eigenvalue weighted by Crippen LogP contribution is 2.23. The average molecular weight is 252 g/mol. The van der Waals surface area contributed by atoms with Crippen molar-refractivity contribution in [2.24, 2.45) is 0 Å².